The first kappa shape index (κ1) is 10.4. The van der Waals surface area contributed by atoms with E-state index in [0.29, 0.717) is 5.56 Å². The third kappa shape index (κ3) is 2.48. The second-order valence-corrected chi connectivity index (χ2v) is 3.80. The van der Waals surface area contributed by atoms with Gasteiger partial charge in [0.25, 0.3) is 0 Å². The fraction of sp³-hybridized carbons (Fsp3) is 0.231. The highest BCUT2D eigenvalue weighted by Gasteiger charge is 1.98. The quantitative estimate of drug-likeness (QED) is 0.847. The molecule has 3 nitrogen and oxygen atoms in total. The van der Waals surface area contributed by atoms with Gasteiger partial charge in [-0.05, 0) is 37.5 Å². The molecule has 0 radical (unpaired) electrons. The molecule has 3 heteroatoms. The molecule has 0 saturated heterocycles. The minimum absolute atomic E-state index is 0.709. The van der Waals surface area contributed by atoms with Crippen LogP contribution in [0.3, 0.4) is 0 Å². The molecule has 80 valence electrons. The molecule has 0 fully saturated rings. The summed E-state index contributed by atoms with van der Waals surface area (Å²) in [4.78, 5) is 7.36. The maximum absolute atomic E-state index is 8.68. The van der Waals surface area contributed by atoms with Gasteiger partial charge in [-0.2, -0.15) is 5.26 Å². The molecule has 1 heterocycles. The minimum atomic E-state index is 0.709. The number of hydrogen-bond donors (Lipinski definition) is 1. The highest BCUT2D eigenvalue weighted by atomic mass is 14.9. The number of H-pyrrole nitrogens is 1. The monoisotopic (exact) mass is 211 g/mol. The van der Waals surface area contributed by atoms with Crippen molar-refractivity contribution in [2.75, 3.05) is 0 Å². The topological polar surface area (TPSA) is 52.5 Å². The van der Waals surface area contributed by atoms with Gasteiger partial charge >= 0.3 is 0 Å². The number of imidazole rings is 1. The van der Waals surface area contributed by atoms with Crippen LogP contribution in [-0.4, -0.2) is 9.97 Å². The summed E-state index contributed by atoms with van der Waals surface area (Å²) in [5.74, 6) is 0.954. The van der Waals surface area contributed by atoms with Gasteiger partial charge in [-0.3, -0.25) is 0 Å². The first-order valence-corrected chi connectivity index (χ1v) is 5.27. The van der Waals surface area contributed by atoms with E-state index in [0.717, 1.165) is 24.4 Å². The molecule has 0 bridgehead atoms. The van der Waals surface area contributed by atoms with Gasteiger partial charge < -0.3 is 4.98 Å². The van der Waals surface area contributed by atoms with Crippen molar-refractivity contribution in [3.8, 4) is 6.07 Å². The van der Waals surface area contributed by atoms with Crippen molar-refractivity contribution in [2.45, 2.75) is 19.8 Å². The summed E-state index contributed by atoms with van der Waals surface area (Å²) >= 11 is 0. The lowest BCUT2D eigenvalue weighted by Gasteiger charge is -1.99. The van der Waals surface area contributed by atoms with E-state index in [2.05, 4.69) is 16.0 Å². The second kappa shape index (κ2) is 4.63. The zero-order valence-corrected chi connectivity index (χ0v) is 9.20. The fourth-order valence-electron chi connectivity index (χ4n) is 1.62. The molecule has 0 aliphatic rings. The van der Waals surface area contributed by atoms with E-state index in [9.17, 15) is 0 Å². The standard InChI is InChI=1S/C13H13N3/c1-10-15-9-13(16-10)7-6-11-2-4-12(8-14)5-3-11/h2-5,9H,6-7H2,1H3,(H,15,16). The average Bonchev–Trinajstić information content (AvgIpc) is 2.73. The summed E-state index contributed by atoms with van der Waals surface area (Å²) in [6, 6.07) is 9.83. The third-order valence-electron chi connectivity index (χ3n) is 2.52. The highest BCUT2D eigenvalue weighted by molar-refractivity contribution is 5.31. The van der Waals surface area contributed by atoms with E-state index in [1.54, 1.807) is 0 Å². The number of nitriles is 1. The molecule has 1 N–H and O–H groups in total. The molecule has 0 spiro atoms. The minimum Gasteiger partial charge on any atom is -0.346 e. The molecular formula is C13H13N3. The number of nitrogens with zero attached hydrogens (tertiary/aromatic N) is 2. The molecule has 0 saturated carbocycles. The van der Waals surface area contributed by atoms with Crippen LogP contribution < -0.4 is 0 Å². The predicted octanol–water partition coefficient (Wildman–Crippen LogP) is 2.38. The molecule has 0 aliphatic carbocycles. The molecule has 1 aromatic carbocycles. The average molecular weight is 211 g/mol. The van der Waals surface area contributed by atoms with Crippen LogP contribution in [-0.2, 0) is 12.8 Å². The maximum atomic E-state index is 8.68. The molecule has 0 atom stereocenters. The lowest BCUT2D eigenvalue weighted by molar-refractivity contribution is 0.919. The van der Waals surface area contributed by atoms with Crippen LogP contribution in [0.15, 0.2) is 30.5 Å². The van der Waals surface area contributed by atoms with Crippen molar-refractivity contribution in [2.24, 2.45) is 0 Å². The SMILES string of the molecule is Cc1ncc(CCc2ccc(C#N)cc2)[nH]1. The third-order valence-corrected chi connectivity index (χ3v) is 2.52. The maximum Gasteiger partial charge on any atom is 0.103 e. The number of hydrogen-bond acceptors (Lipinski definition) is 2. The van der Waals surface area contributed by atoms with E-state index in [1.807, 2.05) is 37.4 Å². The van der Waals surface area contributed by atoms with Gasteiger partial charge in [0.05, 0.1) is 11.6 Å². The number of rotatable bonds is 3. The molecule has 1 aromatic heterocycles. The van der Waals surface area contributed by atoms with E-state index >= 15 is 0 Å². The summed E-state index contributed by atoms with van der Waals surface area (Å²) in [5, 5.41) is 8.68. The van der Waals surface area contributed by atoms with Crippen LogP contribution in [0.5, 0.6) is 0 Å². The molecule has 0 amide bonds. The lowest BCUT2D eigenvalue weighted by atomic mass is 10.1. The first-order chi connectivity index (χ1) is 7.78. The summed E-state index contributed by atoms with van der Waals surface area (Å²) in [7, 11) is 0. The fourth-order valence-corrected chi connectivity index (χ4v) is 1.62. The molecule has 0 aliphatic heterocycles. The Bertz CT molecular complexity index is 503. The van der Waals surface area contributed by atoms with Crippen molar-refractivity contribution in [3.63, 3.8) is 0 Å². The Morgan fingerprint density at radius 1 is 1.25 bits per heavy atom. The van der Waals surface area contributed by atoms with E-state index in [-0.39, 0.29) is 0 Å². The van der Waals surface area contributed by atoms with Crippen molar-refractivity contribution >= 4 is 0 Å². The Balaban J connectivity index is 1.97. The number of aromatic nitrogens is 2. The Hall–Kier alpha value is -2.08. The summed E-state index contributed by atoms with van der Waals surface area (Å²) in [5.41, 5.74) is 3.11. The van der Waals surface area contributed by atoms with Gasteiger partial charge in [0.2, 0.25) is 0 Å². The van der Waals surface area contributed by atoms with E-state index < -0.39 is 0 Å². The predicted molar refractivity (Wildman–Crippen MR) is 61.9 cm³/mol. The van der Waals surface area contributed by atoms with E-state index in [4.69, 9.17) is 5.26 Å². The smallest absolute Gasteiger partial charge is 0.103 e. The zero-order chi connectivity index (χ0) is 11.4. The van der Waals surface area contributed by atoms with Crippen molar-refractivity contribution < 1.29 is 0 Å². The normalized spacial score (nSPS) is 10.0. The summed E-state index contributed by atoms with van der Waals surface area (Å²) in [6.45, 7) is 1.95. The first-order valence-electron chi connectivity index (χ1n) is 5.27. The summed E-state index contributed by atoms with van der Waals surface area (Å²) in [6.07, 6.45) is 3.79. The number of benzene rings is 1. The van der Waals surface area contributed by atoms with E-state index in [1.165, 1.54) is 5.56 Å². The Morgan fingerprint density at radius 2 is 2.00 bits per heavy atom. The Kier molecular flexibility index (Phi) is 3.02. The van der Waals surface area contributed by atoms with Crippen molar-refractivity contribution in [3.05, 3.63) is 53.1 Å². The largest absolute Gasteiger partial charge is 0.346 e. The molecule has 16 heavy (non-hydrogen) atoms. The Morgan fingerprint density at radius 3 is 2.56 bits per heavy atom. The molecular weight excluding hydrogens is 198 g/mol. The van der Waals surface area contributed by atoms with Crippen molar-refractivity contribution in [1.82, 2.24) is 9.97 Å². The van der Waals surface area contributed by atoms with Gasteiger partial charge in [0.15, 0.2) is 0 Å². The number of nitrogens with one attached hydrogen (secondary N) is 1. The van der Waals surface area contributed by atoms with Gasteiger partial charge in [-0.15, -0.1) is 0 Å². The van der Waals surface area contributed by atoms with Gasteiger partial charge in [0.1, 0.15) is 5.82 Å². The van der Waals surface area contributed by atoms with Crippen molar-refractivity contribution in [1.29, 1.82) is 5.26 Å². The lowest BCUT2D eigenvalue weighted by Crippen LogP contribution is -1.91. The molecule has 0 unspecified atom stereocenters. The second-order valence-electron chi connectivity index (χ2n) is 3.80. The van der Waals surface area contributed by atoms with Crippen LogP contribution in [0, 0.1) is 18.3 Å². The van der Waals surface area contributed by atoms with Crippen LogP contribution in [0.1, 0.15) is 22.6 Å². The van der Waals surface area contributed by atoms with Gasteiger partial charge in [0, 0.05) is 11.9 Å². The highest BCUT2D eigenvalue weighted by Crippen LogP contribution is 2.07. The van der Waals surface area contributed by atoms with Crippen LogP contribution in [0.2, 0.25) is 0 Å². The Labute approximate surface area is 94.8 Å². The molecule has 2 rings (SSSR count). The molecule has 2 aromatic rings. The zero-order valence-electron chi connectivity index (χ0n) is 9.20. The van der Waals surface area contributed by atoms with Crippen LogP contribution in [0.4, 0.5) is 0 Å². The van der Waals surface area contributed by atoms with Gasteiger partial charge in [-0.1, -0.05) is 12.1 Å². The number of aryl methyl sites for hydroxylation is 3. The number of aromatic amines is 1. The van der Waals surface area contributed by atoms with Crippen LogP contribution >= 0.6 is 0 Å². The van der Waals surface area contributed by atoms with Gasteiger partial charge in [-0.25, -0.2) is 4.98 Å². The summed E-state index contributed by atoms with van der Waals surface area (Å²) < 4.78 is 0. The van der Waals surface area contributed by atoms with Crippen LogP contribution in [0.25, 0.3) is 0 Å².